The number of rotatable bonds is 1. The standard InChI is InChI=1S/C21H28I/c1-16-18-11-5-6-13-20(18)22-15-21(14-8-7-12-19(16)21)17-9-3-2-4-10-17/h5-6,11,13,17,19H,1-4,7-10,12,14-15H2/q-1. The molecular weight excluding hydrogens is 379 g/mol. The molecule has 1 aromatic rings. The summed E-state index contributed by atoms with van der Waals surface area (Å²) in [5, 5.41) is 0. The van der Waals surface area contributed by atoms with Crippen LogP contribution in [0, 0.1) is 20.8 Å². The van der Waals surface area contributed by atoms with Gasteiger partial charge in [-0.25, -0.2) is 0 Å². The number of hydrogen-bond acceptors (Lipinski definition) is 0. The maximum absolute atomic E-state index is 4.66. The summed E-state index contributed by atoms with van der Waals surface area (Å²) in [6.07, 6.45) is 13.3. The van der Waals surface area contributed by atoms with Gasteiger partial charge >= 0.3 is 146 Å². The van der Waals surface area contributed by atoms with E-state index in [1.165, 1.54) is 67.8 Å². The van der Waals surface area contributed by atoms with Crippen LogP contribution in [0.5, 0.6) is 0 Å². The van der Waals surface area contributed by atoms with Crippen molar-refractivity contribution >= 4 is 5.57 Å². The Morgan fingerprint density at radius 3 is 2.59 bits per heavy atom. The summed E-state index contributed by atoms with van der Waals surface area (Å²) < 4.78 is 3.20. The summed E-state index contributed by atoms with van der Waals surface area (Å²) in [5.41, 5.74) is 3.68. The SMILES string of the molecule is C=C1c2ccccc2[I-]CC2(C3CCCCC3)CCCCC12. The van der Waals surface area contributed by atoms with Gasteiger partial charge in [0.2, 0.25) is 0 Å². The molecule has 1 aromatic carbocycles. The molecule has 0 aromatic heterocycles. The Kier molecular flexibility index (Phi) is 4.36. The first-order chi connectivity index (χ1) is 10.8. The van der Waals surface area contributed by atoms with E-state index in [-0.39, 0.29) is 21.2 Å². The van der Waals surface area contributed by atoms with Gasteiger partial charge in [0.25, 0.3) is 0 Å². The fourth-order valence-corrected chi connectivity index (χ4v) is 9.50. The van der Waals surface area contributed by atoms with Gasteiger partial charge in [-0.2, -0.15) is 0 Å². The molecule has 0 radical (unpaired) electrons. The molecule has 2 aliphatic carbocycles. The van der Waals surface area contributed by atoms with E-state index in [1.807, 2.05) is 0 Å². The van der Waals surface area contributed by atoms with Crippen LogP contribution >= 0.6 is 0 Å². The molecule has 0 saturated heterocycles. The summed E-state index contributed by atoms with van der Waals surface area (Å²) in [6, 6.07) is 9.24. The fraction of sp³-hybridized carbons (Fsp3) is 0.619. The molecule has 2 fully saturated rings. The summed E-state index contributed by atoms with van der Waals surface area (Å²) >= 11 is 0.157. The molecule has 2 unspecified atom stereocenters. The van der Waals surface area contributed by atoms with E-state index in [4.69, 9.17) is 0 Å². The Morgan fingerprint density at radius 2 is 1.73 bits per heavy atom. The van der Waals surface area contributed by atoms with Crippen molar-refractivity contribution < 1.29 is 21.2 Å². The third-order valence-corrected chi connectivity index (χ3v) is 10.2. The van der Waals surface area contributed by atoms with E-state index in [1.54, 1.807) is 9.13 Å². The van der Waals surface area contributed by atoms with Gasteiger partial charge in [0.15, 0.2) is 0 Å². The third-order valence-electron chi connectivity index (χ3n) is 6.60. The Labute approximate surface area is 146 Å². The van der Waals surface area contributed by atoms with Crippen LogP contribution in [-0.2, 0) is 0 Å². The average Bonchev–Trinajstić information content (AvgIpc) is 2.73. The average molecular weight is 407 g/mol. The molecule has 2 atom stereocenters. The zero-order valence-corrected chi connectivity index (χ0v) is 15.8. The second kappa shape index (κ2) is 6.30. The summed E-state index contributed by atoms with van der Waals surface area (Å²) in [5.74, 6) is 1.78. The van der Waals surface area contributed by atoms with Gasteiger partial charge in [-0.15, -0.1) is 0 Å². The molecule has 3 aliphatic rings. The van der Waals surface area contributed by atoms with Crippen LogP contribution in [0.1, 0.15) is 63.4 Å². The van der Waals surface area contributed by atoms with Gasteiger partial charge in [-0.05, 0) is 0 Å². The van der Waals surface area contributed by atoms with E-state index < -0.39 is 0 Å². The quantitative estimate of drug-likeness (QED) is 0.496. The van der Waals surface area contributed by atoms with E-state index in [2.05, 4.69) is 30.8 Å². The first-order valence-electron chi connectivity index (χ1n) is 9.19. The molecule has 0 spiro atoms. The second-order valence-corrected chi connectivity index (χ2v) is 10.3. The van der Waals surface area contributed by atoms with Crippen molar-refractivity contribution in [3.63, 3.8) is 0 Å². The molecule has 22 heavy (non-hydrogen) atoms. The van der Waals surface area contributed by atoms with Gasteiger partial charge in [0.1, 0.15) is 0 Å². The molecule has 0 nitrogen and oxygen atoms in total. The van der Waals surface area contributed by atoms with Crippen molar-refractivity contribution in [2.45, 2.75) is 57.8 Å². The number of benzene rings is 1. The van der Waals surface area contributed by atoms with Crippen molar-refractivity contribution in [1.82, 2.24) is 0 Å². The van der Waals surface area contributed by atoms with Crippen LogP contribution in [0.3, 0.4) is 0 Å². The molecule has 2 saturated carbocycles. The van der Waals surface area contributed by atoms with Gasteiger partial charge in [-0.1, -0.05) is 0 Å². The van der Waals surface area contributed by atoms with E-state index in [9.17, 15) is 0 Å². The molecule has 1 heterocycles. The zero-order chi connectivity index (χ0) is 15.0. The monoisotopic (exact) mass is 407 g/mol. The predicted octanol–water partition coefficient (Wildman–Crippen LogP) is 2.73. The summed E-state index contributed by atoms with van der Waals surface area (Å²) in [6.45, 7) is 4.66. The first-order valence-corrected chi connectivity index (χ1v) is 11.8. The minimum atomic E-state index is 0.157. The van der Waals surface area contributed by atoms with Crippen molar-refractivity contribution in [1.29, 1.82) is 0 Å². The predicted molar refractivity (Wildman–Crippen MR) is 90.0 cm³/mol. The van der Waals surface area contributed by atoms with Crippen LogP contribution in [0.2, 0.25) is 0 Å². The Balaban J connectivity index is 1.74. The van der Waals surface area contributed by atoms with Gasteiger partial charge in [-0.3, -0.25) is 0 Å². The van der Waals surface area contributed by atoms with Crippen LogP contribution < -0.4 is 21.2 Å². The Morgan fingerprint density at radius 1 is 0.955 bits per heavy atom. The fourth-order valence-electron chi connectivity index (χ4n) is 5.44. The van der Waals surface area contributed by atoms with Gasteiger partial charge in [0.05, 0.1) is 0 Å². The van der Waals surface area contributed by atoms with Crippen LogP contribution in [-0.4, -0.2) is 4.43 Å². The number of hydrogen-bond donors (Lipinski definition) is 0. The molecular formula is C21H28I-. The second-order valence-electron chi connectivity index (χ2n) is 7.64. The van der Waals surface area contributed by atoms with Crippen LogP contribution in [0.4, 0.5) is 0 Å². The number of fused-ring (bicyclic) bond motifs is 2. The molecule has 0 N–H and O–H groups in total. The molecule has 0 amide bonds. The van der Waals surface area contributed by atoms with Crippen molar-refractivity contribution in [2.75, 3.05) is 4.43 Å². The van der Waals surface area contributed by atoms with E-state index in [0.29, 0.717) is 5.41 Å². The van der Waals surface area contributed by atoms with Crippen LogP contribution in [0.25, 0.3) is 5.57 Å². The topological polar surface area (TPSA) is 0 Å². The molecule has 4 rings (SSSR count). The number of halogens is 1. The number of allylic oxidation sites excluding steroid dienone is 1. The number of alkyl halides is 1. The van der Waals surface area contributed by atoms with Crippen molar-refractivity contribution in [3.8, 4) is 0 Å². The minimum absolute atomic E-state index is 0.157. The van der Waals surface area contributed by atoms with E-state index >= 15 is 0 Å². The normalized spacial score (nSPS) is 33.3. The van der Waals surface area contributed by atoms with Gasteiger partial charge in [0, 0.05) is 0 Å². The van der Waals surface area contributed by atoms with Crippen molar-refractivity contribution in [3.05, 3.63) is 40.0 Å². The first kappa shape index (κ1) is 15.2. The van der Waals surface area contributed by atoms with Crippen molar-refractivity contribution in [2.24, 2.45) is 17.3 Å². The zero-order valence-electron chi connectivity index (χ0n) is 13.6. The molecule has 1 heteroatoms. The Bertz CT molecular complexity index is 555. The summed E-state index contributed by atoms with van der Waals surface area (Å²) in [4.78, 5) is 0. The maximum atomic E-state index is 4.66. The van der Waals surface area contributed by atoms with Crippen LogP contribution in [0.15, 0.2) is 30.8 Å². The molecule has 1 aliphatic heterocycles. The molecule has 120 valence electrons. The third kappa shape index (κ3) is 2.48. The summed E-state index contributed by atoms with van der Waals surface area (Å²) in [7, 11) is 0. The molecule has 0 bridgehead atoms. The Hall–Kier alpha value is -0.310. The van der Waals surface area contributed by atoms with E-state index in [0.717, 1.165) is 11.8 Å². The van der Waals surface area contributed by atoms with Gasteiger partial charge < -0.3 is 0 Å².